The molecule has 0 saturated heterocycles. The van der Waals surface area contributed by atoms with Crippen LogP contribution in [0.3, 0.4) is 0 Å². The van der Waals surface area contributed by atoms with Crippen molar-refractivity contribution in [2.75, 3.05) is 17.6 Å². The van der Waals surface area contributed by atoms with E-state index in [1.807, 2.05) is 0 Å². The summed E-state index contributed by atoms with van der Waals surface area (Å²) in [5.74, 6) is -0.465. The maximum absolute atomic E-state index is 10.4. The molecule has 5 N–H and O–H groups in total. The molecule has 1 heterocycles. The van der Waals surface area contributed by atoms with Crippen LogP contribution < -0.4 is 16.8 Å². The second kappa shape index (κ2) is 3.95. The highest BCUT2D eigenvalue weighted by Gasteiger charge is 2.01. The molecule has 0 aliphatic carbocycles. The summed E-state index contributed by atoms with van der Waals surface area (Å²) in [6.45, 7) is 0.0184. The number of nitrogens with two attached hydrogens (primary N) is 2. The van der Waals surface area contributed by atoms with Gasteiger partial charge in [0.15, 0.2) is 0 Å². The van der Waals surface area contributed by atoms with Gasteiger partial charge in [-0.3, -0.25) is 4.79 Å². The van der Waals surface area contributed by atoms with Gasteiger partial charge in [-0.25, -0.2) is 4.98 Å². The van der Waals surface area contributed by atoms with E-state index in [1.165, 1.54) is 12.3 Å². The maximum atomic E-state index is 10.4. The Kier molecular flexibility index (Phi) is 2.92. The molecule has 0 saturated carbocycles. The van der Waals surface area contributed by atoms with Gasteiger partial charge < -0.3 is 16.8 Å². The fourth-order valence-corrected chi connectivity index (χ4v) is 0.934. The third-order valence-corrected chi connectivity index (χ3v) is 1.56. The molecule has 1 rings (SSSR count). The first-order valence-electron chi connectivity index (χ1n) is 3.53. The molecule has 0 unspecified atom stereocenters. The number of anilines is 2. The molecule has 1 aromatic rings. The number of primary amides is 1. The highest BCUT2D eigenvalue weighted by molar-refractivity contribution is 6.29. The van der Waals surface area contributed by atoms with Crippen LogP contribution >= 0.6 is 11.6 Å². The molecule has 0 aliphatic heterocycles. The number of nitrogens with one attached hydrogen (secondary N) is 1. The average Bonchev–Trinajstić information content (AvgIpc) is 2.06. The monoisotopic (exact) mass is 200 g/mol. The predicted octanol–water partition coefficient (Wildman–Crippen LogP) is 0.214. The van der Waals surface area contributed by atoms with Crippen molar-refractivity contribution in [3.63, 3.8) is 0 Å². The molecule has 0 radical (unpaired) electrons. The van der Waals surface area contributed by atoms with E-state index in [2.05, 4.69) is 10.3 Å². The van der Waals surface area contributed by atoms with E-state index in [0.29, 0.717) is 16.5 Å². The normalized spacial score (nSPS) is 9.62. The minimum Gasteiger partial charge on any atom is -0.396 e. The zero-order valence-corrected chi connectivity index (χ0v) is 7.51. The molecule has 0 fully saturated rings. The van der Waals surface area contributed by atoms with Gasteiger partial charge in [-0.15, -0.1) is 0 Å². The number of halogens is 1. The molecule has 1 amide bonds. The molecule has 1 aromatic heterocycles. The number of hydrogen-bond donors (Lipinski definition) is 3. The highest BCUT2D eigenvalue weighted by atomic mass is 35.5. The van der Waals surface area contributed by atoms with E-state index in [-0.39, 0.29) is 6.54 Å². The minimum atomic E-state index is -0.465. The van der Waals surface area contributed by atoms with E-state index < -0.39 is 5.91 Å². The number of carbonyl (C=O) groups excluding carboxylic acids is 1. The Bertz CT molecular complexity index is 328. The Labute approximate surface area is 80.1 Å². The van der Waals surface area contributed by atoms with Crippen molar-refractivity contribution in [1.29, 1.82) is 0 Å². The SMILES string of the molecule is NC(=O)CNc1cc(Cl)ncc1N. The molecule has 0 bridgehead atoms. The summed E-state index contributed by atoms with van der Waals surface area (Å²) in [6.07, 6.45) is 1.41. The Morgan fingerprint density at radius 1 is 1.69 bits per heavy atom. The van der Waals surface area contributed by atoms with Crippen LogP contribution in [0.25, 0.3) is 0 Å². The van der Waals surface area contributed by atoms with E-state index >= 15 is 0 Å². The van der Waals surface area contributed by atoms with E-state index in [4.69, 9.17) is 23.1 Å². The topological polar surface area (TPSA) is 94.0 Å². The molecule has 0 aliphatic rings. The summed E-state index contributed by atoms with van der Waals surface area (Å²) in [6, 6.07) is 1.53. The molecule has 0 aromatic carbocycles. The first-order chi connectivity index (χ1) is 6.09. The van der Waals surface area contributed by atoms with Gasteiger partial charge in [0.05, 0.1) is 24.1 Å². The number of pyridine rings is 1. The van der Waals surface area contributed by atoms with Gasteiger partial charge in [0, 0.05) is 6.07 Å². The third kappa shape index (κ3) is 2.79. The van der Waals surface area contributed by atoms with Crippen LogP contribution in [-0.2, 0) is 4.79 Å². The summed E-state index contributed by atoms with van der Waals surface area (Å²) in [5.41, 5.74) is 11.5. The van der Waals surface area contributed by atoms with Crippen LogP contribution in [0.5, 0.6) is 0 Å². The summed E-state index contributed by atoms with van der Waals surface area (Å²) in [4.78, 5) is 14.2. The van der Waals surface area contributed by atoms with Crippen molar-refractivity contribution in [3.8, 4) is 0 Å². The van der Waals surface area contributed by atoms with Crippen LogP contribution in [0.4, 0.5) is 11.4 Å². The Balaban J connectivity index is 2.75. The Morgan fingerprint density at radius 2 is 2.38 bits per heavy atom. The minimum absolute atomic E-state index is 0.0184. The van der Waals surface area contributed by atoms with Crippen molar-refractivity contribution in [2.24, 2.45) is 5.73 Å². The molecule has 5 nitrogen and oxygen atoms in total. The number of rotatable bonds is 3. The number of amides is 1. The molecule has 0 spiro atoms. The number of carbonyl (C=O) groups is 1. The van der Waals surface area contributed by atoms with Crippen molar-refractivity contribution in [3.05, 3.63) is 17.4 Å². The predicted molar refractivity (Wildman–Crippen MR) is 51.3 cm³/mol. The van der Waals surface area contributed by atoms with Gasteiger partial charge in [0.2, 0.25) is 5.91 Å². The summed E-state index contributed by atoms with van der Waals surface area (Å²) >= 11 is 5.61. The highest BCUT2D eigenvalue weighted by Crippen LogP contribution is 2.19. The van der Waals surface area contributed by atoms with Gasteiger partial charge in [-0.1, -0.05) is 11.6 Å². The van der Waals surface area contributed by atoms with Crippen molar-refractivity contribution < 1.29 is 4.79 Å². The molecule has 6 heteroatoms. The zero-order chi connectivity index (χ0) is 9.84. The number of aromatic nitrogens is 1. The third-order valence-electron chi connectivity index (χ3n) is 1.35. The lowest BCUT2D eigenvalue weighted by atomic mass is 10.3. The van der Waals surface area contributed by atoms with Gasteiger partial charge in [0.1, 0.15) is 5.15 Å². The maximum Gasteiger partial charge on any atom is 0.236 e. The average molecular weight is 201 g/mol. The van der Waals surface area contributed by atoms with E-state index in [1.54, 1.807) is 0 Å². The lowest BCUT2D eigenvalue weighted by Gasteiger charge is -2.06. The Morgan fingerprint density at radius 3 is 3.00 bits per heavy atom. The fraction of sp³-hybridized carbons (Fsp3) is 0.143. The van der Waals surface area contributed by atoms with E-state index in [9.17, 15) is 4.79 Å². The largest absolute Gasteiger partial charge is 0.396 e. The fourth-order valence-electron chi connectivity index (χ4n) is 0.776. The van der Waals surface area contributed by atoms with Crippen LogP contribution in [-0.4, -0.2) is 17.4 Å². The van der Waals surface area contributed by atoms with Crippen LogP contribution in [0, 0.1) is 0 Å². The van der Waals surface area contributed by atoms with Crippen molar-refractivity contribution in [2.45, 2.75) is 0 Å². The van der Waals surface area contributed by atoms with Gasteiger partial charge in [-0.2, -0.15) is 0 Å². The zero-order valence-electron chi connectivity index (χ0n) is 6.75. The Hall–Kier alpha value is -1.49. The number of nitrogen functional groups attached to an aromatic ring is 1. The molecule has 13 heavy (non-hydrogen) atoms. The van der Waals surface area contributed by atoms with Gasteiger partial charge in [-0.05, 0) is 0 Å². The second-order valence-electron chi connectivity index (χ2n) is 2.41. The summed E-state index contributed by atoms with van der Waals surface area (Å²) in [5, 5.41) is 3.04. The van der Waals surface area contributed by atoms with Crippen LogP contribution in [0.15, 0.2) is 12.3 Å². The summed E-state index contributed by atoms with van der Waals surface area (Å²) < 4.78 is 0. The standard InChI is InChI=1S/C7H9ClN4O/c8-6-1-5(4(9)2-12-6)11-3-7(10)13/h1-2H,3,9H2,(H2,10,13)(H,11,12). The lowest BCUT2D eigenvalue weighted by Crippen LogP contribution is -2.22. The van der Waals surface area contributed by atoms with Crippen molar-refractivity contribution in [1.82, 2.24) is 4.98 Å². The molecule has 0 atom stereocenters. The second-order valence-corrected chi connectivity index (χ2v) is 2.80. The van der Waals surface area contributed by atoms with Crippen molar-refractivity contribution >= 4 is 28.9 Å². The van der Waals surface area contributed by atoms with Gasteiger partial charge in [0.25, 0.3) is 0 Å². The summed E-state index contributed by atoms with van der Waals surface area (Å²) in [7, 11) is 0. The molecular formula is C7H9ClN4O. The molecular weight excluding hydrogens is 192 g/mol. The lowest BCUT2D eigenvalue weighted by molar-refractivity contribution is -0.116. The van der Waals surface area contributed by atoms with E-state index in [0.717, 1.165) is 0 Å². The van der Waals surface area contributed by atoms with Crippen LogP contribution in [0.1, 0.15) is 0 Å². The van der Waals surface area contributed by atoms with Gasteiger partial charge >= 0.3 is 0 Å². The molecule has 70 valence electrons. The smallest absolute Gasteiger partial charge is 0.236 e. The first-order valence-corrected chi connectivity index (χ1v) is 3.90. The quantitative estimate of drug-likeness (QED) is 0.609. The number of hydrogen-bond acceptors (Lipinski definition) is 4. The first kappa shape index (κ1) is 9.60. The number of nitrogens with zero attached hydrogens (tertiary/aromatic N) is 1. The van der Waals surface area contributed by atoms with Crippen LogP contribution in [0.2, 0.25) is 5.15 Å².